The number of aromatic hydroxyl groups is 1. The maximum atomic E-state index is 11.4. The number of aryl methyl sites for hydroxylation is 1. The molecule has 24 heavy (non-hydrogen) atoms. The van der Waals surface area contributed by atoms with Crippen molar-refractivity contribution in [1.29, 1.82) is 0 Å². The molecule has 0 spiro atoms. The van der Waals surface area contributed by atoms with Crippen LogP contribution in [0.3, 0.4) is 0 Å². The molecule has 2 aromatic carbocycles. The Bertz CT molecular complexity index is 944. The lowest BCUT2D eigenvalue weighted by Crippen LogP contribution is -2.05. The molecular formula is C18H17N3O3. The topological polar surface area (TPSA) is 77.2 Å². The number of rotatable bonds is 4. The molecule has 0 aliphatic carbocycles. The van der Waals surface area contributed by atoms with Crippen LogP contribution in [-0.4, -0.2) is 26.1 Å². The van der Waals surface area contributed by atoms with Gasteiger partial charge in [-0.2, -0.15) is 0 Å². The second kappa shape index (κ2) is 6.16. The summed E-state index contributed by atoms with van der Waals surface area (Å²) in [5.74, 6) is -0.454. The molecule has 0 amide bonds. The molecule has 0 saturated heterocycles. The van der Waals surface area contributed by atoms with Crippen LogP contribution in [0.15, 0.2) is 48.6 Å². The fourth-order valence-corrected chi connectivity index (χ4v) is 2.23. The number of esters is 1. The van der Waals surface area contributed by atoms with Crippen LogP contribution < -0.4 is 0 Å². The molecule has 6 heteroatoms. The van der Waals surface area contributed by atoms with E-state index in [0.717, 1.165) is 16.6 Å². The summed E-state index contributed by atoms with van der Waals surface area (Å²) in [7, 11) is 0. The van der Waals surface area contributed by atoms with E-state index >= 15 is 0 Å². The fraction of sp³-hybridized carbons (Fsp3) is 0.167. The van der Waals surface area contributed by atoms with Crippen molar-refractivity contribution in [2.75, 3.05) is 0 Å². The number of nitrogens with zero attached hydrogens (tertiary/aromatic N) is 3. The largest absolute Gasteiger partial charge is 0.506 e. The van der Waals surface area contributed by atoms with Gasteiger partial charge in [-0.15, -0.1) is 15.0 Å². The van der Waals surface area contributed by atoms with E-state index in [4.69, 9.17) is 4.74 Å². The van der Waals surface area contributed by atoms with Gasteiger partial charge in [0.15, 0.2) is 0 Å². The molecule has 1 aromatic heterocycles. The Kier molecular flexibility index (Phi) is 4.04. The second-order valence-corrected chi connectivity index (χ2v) is 5.66. The summed E-state index contributed by atoms with van der Waals surface area (Å²) < 4.78 is 5.06. The Hall–Kier alpha value is -3.15. The second-order valence-electron chi connectivity index (χ2n) is 5.66. The first-order valence-corrected chi connectivity index (χ1v) is 7.42. The molecule has 3 rings (SSSR count). The van der Waals surface area contributed by atoms with Crippen LogP contribution in [0.1, 0.15) is 18.1 Å². The molecule has 1 N–H and O–H groups in total. The summed E-state index contributed by atoms with van der Waals surface area (Å²) in [5.41, 5.74) is 4.05. The highest BCUT2D eigenvalue weighted by atomic mass is 16.5. The molecule has 3 aromatic rings. The van der Waals surface area contributed by atoms with Gasteiger partial charge in [-0.3, -0.25) is 0 Å². The predicted octanol–water partition coefficient (Wildman–Crippen LogP) is 3.05. The van der Waals surface area contributed by atoms with Gasteiger partial charge in [-0.1, -0.05) is 18.7 Å². The first kappa shape index (κ1) is 15.7. The SMILES string of the molecule is C=C(C)C(=O)OCc1ccc(-n2nc3ccc(C)cc3n2)c(O)c1. The van der Waals surface area contributed by atoms with Gasteiger partial charge in [0.25, 0.3) is 0 Å². The van der Waals surface area contributed by atoms with E-state index in [1.165, 1.54) is 10.9 Å². The third kappa shape index (κ3) is 3.12. The lowest BCUT2D eigenvalue weighted by molar-refractivity contribution is -0.140. The van der Waals surface area contributed by atoms with Crippen LogP contribution in [0.5, 0.6) is 5.75 Å². The molecule has 1 heterocycles. The van der Waals surface area contributed by atoms with Crippen molar-refractivity contribution in [3.8, 4) is 11.4 Å². The predicted molar refractivity (Wildman–Crippen MR) is 89.9 cm³/mol. The van der Waals surface area contributed by atoms with Gasteiger partial charge in [0, 0.05) is 5.57 Å². The molecule has 0 fully saturated rings. The quantitative estimate of drug-likeness (QED) is 0.590. The highest BCUT2D eigenvalue weighted by molar-refractivity contribution is 5.86. The van der Waals surface area contributed by atoms with Crippen molar-refractivity contribution in [2.24, 2.45) is 0 Å². The van der Waals surface area contributed by atoms with Crippen LogP contribution in [0.4, 0.5) is 0 Å². The molecule has 0 unspecified atom stereocenters. The summed E-state index contributed by atoms with van der Waals surface area (Å²) in [4.78, 5) is 12.8. The van der Waals surface area contributed by atoms with Crippen molar-refractivity contribution in [2.45, 2.75) is 20.5 Å². The van der Waals surface area contributed by atoms with Gasteiger partial charge in [0.1, 0.15) is 29.1 Å². The van der Waals surface area contributed by atoms with E-state index in [0.29, 0.717) is 16.8 Å². The number of phenolic OH excluding ortho intramolecular Hbond substituents is 1. The minimum Gasteiger partial charge on any atom is -0.506 e. The molecule has 0 aliphatic rings. The number of carbonyl (C=O) groups is 1. The average molecular weight is 323 g/mol. The zero-order valence-electron chi connectivity index (χ0n) is 13.5. The maximum Gasteiger partial charge on any atom is 0.333 e. The van der Waals surface area contributed by atoms with E-state index < -0.39 is 5.97 Å². The molecule has 6 nitrogen and oxygen atoms in total. The first-order valence-electron chi connectivity index (χ1n) is 7.42. The number of fused-ring (bicyclic) bond motifs is 1. The number of aromatic nitrogens is 3. The lowest BCUT2D eigenvalue weighted by Gasteiger charge is -2.07. The molecule has 0 radical (unpaired) electrons. The Morgan fingerprint density at radius 1 is 1.21 bits per heavy atom. The van der Waals surface area contributed by atoms with Gasteiger partial charge in [0.05, 0.1) is 0 Å². The first-order chi connectivity index (χ1) is 11.4. The Labute approximate surface area is 139 Å². The van der Waals surface area contributed by atoms with E-state index in [9.17, 15) is 9.90 Å². The number of hydrogen-bond acceptors (Lipinski definition) is 5. The highest BCUT2D eigenvalue weighted by Crippen LogP contribution is 2.24. The smallest absolute Gasteiger partial charge is 0.333 e. The summed E-state index contributed by atoms with van der Waals surface area (Å²) in [6, 6.07) is 10.7. The van der Waals surface area contributed by atoms with Crippen molar-refractivity contribution < 1.29 is 14.6 Å². The van der Waals surface area contributed by atoms with Crippen LogP contribution in [-0.2, 0) is 16.1 Å². The normalized spacial score (nSPS) is 10.8. The Morgan fingerprint density at radius 3 is 2.67 bits per heavy atom. The molecule has 0 saturated carbocycles. The zero-order chi connectivity index (χ0) is 17.3. The molecule has 0 atom stereocenters. The van der Waals surface area contributed by atoms with Crippen molar-refractivity contribution in [3.05, 3.63) is 59.7 Å². The van der Waals surface area contributed by atoms with Gasteiger partial charge in [-0.05, 0) is 49.2 Å². The monoisotopic (exact) mass is 323 g/mol. The third-order valence-corrected chi connectivity index (χ3v) is 3.51. The van der Waals surface area contributed by atoms with Gasteiger partial charge < -0.3 is 9.84 Å². The molecule has 0 bridgehead atoms. The third-order valence-electron chi connectivity index (χ3n) is 3.51. The number of phenols is 1. The fourth-order valence-electron chi connectivity index (χ4n) is 2.23. The number of benzene rings is 2. The van der Waals surface area contributed by atoms with E-state index in [-0.39, 0.29) is 12.4 Å². The lowest BCUT2D eigenvalue weighted by atomic mass is 10.2. The van der Waals surface area contributed by atoms with Gasteiger partial charge in [-0.25, -0.2) is 4.79 Å². The van der Waals surface area contributed by atoms with Crippen LogP contribution >= 0.6 is 0 Å². The summed E-state index contributed by atoms with van der Waals surface area (Å²) >= 11 is 0. The Morgan fingerprint density at radius 2 is 1.96 bits per heavy atom. The van der Waals surface area contributed by atoms with E-state index in [1.807, 2.05) is 25.1 Å². The average Bonchev–Trinajstić information content (AvgIpc) is 2.95. The maximum absolute atomic E-state index is 11.4. The Balaban J connectivity index is 1.86. The summed E-state index contributed by atoms with van der Waals surface area (Å²) in [6.45, 7) is 7.15. The standard InChI is InChI=1S/C18H17N3O3/c1-11(2)18(23)24-10-13-5-7-16(17(22)9-13)21-19-14-6-4-12(3)8-15(14)20-21/h4-9,22H,1,10H2,2-3H3. The van der Waals surface area contributed by atoms with Crippen LogP contribution in [0.2, 0.25) is 0 Å². The number of hydrogen-bond donors (Lipinski definition) is 1. The molecule has 122 valence electrons. The minimum absolute atomic E-state index is 0.0101. The van der Waals surface area contributed by atoms with Crippen molar-refractivity contribution >= 4 is 17.0 Å². The van der Waals surface area contributed by atoms with E-state index in [1.54, 1.807) is 19.1 Å². The zero-order valence-corrected chi connectivity index (χ0v) is 13.5. The molecular weight excluding hydrogens is 306 g/mol. The molecule has 0 aliphatic heterocycles. The van der Waals surface area contributed by atoms with Crippen LogP contribution in [0.25, 0.3) is 16.7 Å². The summed E-state index contributed by atoms with van der Waals surface area (Å²) in [6.07, 6.45) is 0. The highest BCUT2D eigenvalue weighted by Gasteiger charge is 2.11. The number of ether oxygens (including phenoxy) is 1. The van der Waals surface area contributed by atoms with Crippen molar-refractivity contribution in [3.63, 3.8) is 0 Å². The summed E-state index contributed by atoms with van der Waals surface area (Å²) in [5, 5.41) is 19.0. The number of carbonyl (C=O) groups excluding carboxylic acids is 1. The van der Waals surface area contributed by atoms with E-state index in [2.05, 4.69) is 16.8 Å². The minimum atomic E-state index is -0.464. The van der Waals surface area contributed by atoms with Gasteiger partial charge >= 0.3 is 5.97 Å². The van der Waals surface area contributed by atoms with Gasteiger partial charge in [0.2, 0.25) is 0 Å². The van der Waals surface area contributed by atoms with Crippen molar-refractivity contribution in [1.82, 2.24) is 15.0 Å². The van der Waals surface area contributed by atoms with Crippen LogP contribution in [0, 0.1) is 6.92 Å².